The molecule has 130 valence electrons. The molecule has 25 heavy (non-hydrogen) atoms. The highest BCUT2D eigenvalue weighted by Gasteiger charge is 2.26. The maximum atomic E-state index is 6.05. The van der Waals surface area contributed by atoms with Gasteiger partial charge in [0.05, 0.1) is 32.3 Å². The summed E-state index contributed by atoms with van der Waals surface area (Å²) in [5.74, 6) is 2.18. The molecule has 0 N–H and O–H groups in total. The number of benzene rings is 1. The first-order chi connectivity index (χ1) is 12.2. The second-order valence-corrected chi connectivity index (χ2v) is 6.38. The van der Waals surface area contributed by atoms with Crippen LogP contribution >= 0.6 is 0 Å². The SMILES string of the molecule is COc1ccc(C2Cn3cnc(-c4nc(C(C)C)no4)c3CO2)cc1. The average molecular weight is 340 g/mol. The van der Waals surface area contributed by atoms with E-state index in [1.807, 2.05) is 44.4 Å². The lowest BCUT2D eigenvalue weighted by atomic mass is 10.1. The zero-order valence-corrected chi connectivity index (χ0v) is 14.5. The lowest BCUT2D eigenvalue weighted by Gasteiger charge is -2.25. The minimum atomic E-state index is -0.0191. The van der Waals surface area contributed by atoms with Crippen LogP contribution in [0.25, 0.3) is 11.6 Å². The standard InChI is InChI=1S/C18H20N4O3/c1-11(2)17-20-18(25-21-17)16-14-9-24-15(8-22(14)10-19-16)12-4-6-13(23-3)7-5-12/h4-7,10-11,15H,8-9H2,1-3H3. The number of aromatic nitrogens is 4. The highest BCUT2D eigenvalue weighted by molar-refractivity contribution is 5.51. The van der Waals surface area contributed by atoms with E-state index < -0.39 is 0 Å². The monoisotopic (exact) mass is 340 g/mol. The Balaban J connectivity index is 1.57. The third-order valence-corrected chi connectivity index (χ3v) is 4.38. The van der Waals surface area contributed by atoms with Crippen LogP contribution in [0, 0.1) is 0 Å². The molecule has 0 spiro atoms. The Morgan fingerprint density at radius 1 is 1.24 bits per heavy atom. The molecule has 0 saturated carbocycles. The zero-order valence-electron chi connectivity index (χ0n) is 14.5. The molecule has 0 aliphatic carbocycles. The summed E-state index contributed by atoms with van der Waals surface area (Å²) in [7, 11) is 1.66. The van der Waals surface area contributed by atoms with Crippen LogP contribution in [0.1, 0.15) is 43.0 Å². The Bertz CT molecular complexity index is 867. The van der Waals surface area contributed by atoms with Crippen LogP contribution in [0.15, 0.2) is 35.1 Å². The zero-order chi connectivity index (χ0) is 17.4. The molecule has 2 aromatic heterocycles. The fourth-order valence-corrected chi connectivity index (χ4v) is 2.89. The summed E-state index contributed by atoms with van der Waals surface area (Å²) in [6, 6.07) is 7.94. The van der Waals surface area contributed by atoms with Crippen LogP contribution in [0.4, 0.5) is 0 Å². The van der Waals surface area contributed by atoms with Crippen LogP contribution in [-0.2, 0) is 17.9 Å². The van der Waals surface area contributed by atoms with Gasteiger partial charge in [-0.3, -0.25) is 0 Å². The first-order valence-corrected chi connectivity index (χ1v) is 8.29. The summed E-state index contributed by atoms with van der Waals surface area (Å²) in [5.41, 5.74) is 2.78. The quantitative estimate of drug-likeness (QED) is 0.725. The van der Waals surface area contributed by atoms with Gasteiger partial charge in [-0.2, -0.15) is 4.98 Å². The van der Waals surface area contributed by atoms with Gasteiger partial charge >= 0.3 is 0 Å². The van der Waals surface area contributed by atoms with Gasteiger partial charge in [-0.05, 0) is 17.7 Å². The van der Waals surface area contributed by atoms with Gasteiger partial charge in [-0.15, -0.1) is 0 Å². The summed E-state index contributed by atoms with van der Waals surface area (Å²) in [6.07, 6.45) is 1.79. The summed E-state index contributed by atoms with van der Waals surface area (Å²) in [5, 5.41) is 4.01. The van der Waals surface area contributed by atoms with Crippen molar-refractivity contribution < 1.29 is 14.0 Å². The molecule has 1 aliphatic heterocycles. The van der Waals surface area contributed by atoms with Gasteiger partial charge in [0, 0.05) is 5.92 Å². The van der Waals surface area contributed by atoms with Crippen molar-refractivity contribution in [3.05, 3.63) is 47.7 Å². The van der Waals surface area contributed by atoms with E-state index in [0.717, 1.165) is 17.0 Å². The number of methoxy groups -OCH3 is 1. The fraction of sp³-hybridized carbons (Fsp3) is 0.389. The van der Waals surface area contributed by atoms with Crippen molar-refractivity contribution in [3.8, 4) is 17.3 Å². The minimum absolute atomic E-state index is 0.0191. The molecule has 1 unspecified atom stereocenters. The van der Waals surface area contributed by atoms with Gasteiger partial charge in [-0.1, -0.05) is 31.1 Å². The normalized spacial score (nSPS) is 16.9. The first kappa shape index (κ1) is 15.8. The Morgan fingerprint density at radius 2 is 2.04 bits per heavy atom. The number of nitrogens with zero attached hydrogens (tertiary/aromatic N) is 4. The van der Waals surface area contributed by atoms with Crippen molar-refractivity contribution in [2.45, 2.75) is 39.0 Å². The summed E-state index contributed by atoms with van der Waals surface area (Å²) >= 11 is 0. The fourth-order valence-electron chi connectivity index (χ4n) is 2.89. The van der Waals surface area contributed by atoms with Crippen LogP contribution in [0.2, 0.25) is 0 Å². The van der Waals surface area contributed by atoms with Gasteiger partial charge in [-0.25, -0.2) is 4.98 Å². The molecule has 0 amide bonds. The molecule has 3 heterocycles. The number of hydrogen-bond donors (Lipinski definition) is 0. The lowest BCUT2D eigenvalue weighted by molar-refractivity contribution is 0.00328. The second-order valence-electron chi connectivity index (χ2n) is 6.38. The van der Waals surface area contributed by atoms with E-state index in [0.29, 0.717) is 30.6 Å². The van der Waals surface area contributed by atoms with Crippen molar-refractivity contribution in [3.63, 3.8) is 0 Å². The number of ether oxygens (including phenoxy) is 2. The molecule has 4 rings (SSSR count). The summed E-state index contributed by atoms with van der Waals surface area (Å²) in [6.45, 7) is 5.20. The topological polar surface area (TPSA) is 75.2 Å². The molecular formula is C18H20N4O3. The molecule has 3 aromatic rings. The van der Waals surface area contributed by atoms with Crippen LogP contribution in [-0.4, -0.2) is 26.8 Å². The Morgan fingerprint density at radius 3 is 2.72 bits per heavy atom. The second kappa shape index (κ2) is 6.33. The summed E-state index contributed by atoms with van der Waals surface area (Å²) in [4.78, 5) is 8.90. The largest absolute Gasteiger partial charge is 0.497 e. The van der Waals surface area contributed by atoms with Gasteiger partial charge in [0.2, 0.25) is 0 Å². The third-order valence-electron chi connectivity index (χ3n) is 4.38. The Kier molecular flexibility index (Phi) is 4.01. The van der Waals surface area contributed by atoms with Crippen molar-refractivity contribution in [2.75, 3.05) is 7.11 Å². The van der Waals surface area contributed by atoms with E-state index in [2.05, 4.69) is 19.7 Å². The van der Waals surface area contributed by atoms with E-state index in [-0.39, 0.29) is 12.0 Å². The van der Waals surface area contributed by atoms with E-state index >= 15 is 0 Å². The average Bonchev–Trinajstić information content (AvgIpc) is 3.28. The third kappa shape index (κ3) is 2.91. The number of fused-ring (bicyclic) bond motifs is 1. The highest BCUT2D eigenvalue weighted by atomic mass is 16.5. The molecular weight excluding hydrogens is 320 g/mol. The molecule has 1 aliphatic rings. The highest BCUT2D eigenvalue weighted by Crippen LogP contribution is 2.32. The maximum Gasteiger partial charge on any atom is 0.278 e. The van der Waals surface area contributed by atoms with Crippen molar-refractivity contribution in [1.29, 1.82) is 0 Å². The first-order valence-electron chi connectivity index (χ1n) is 8.29. The van der Waals surface area contributed by atoms with E-state index in [4.69, 9.17) is 14.0 Å². The minimum Gasteiger partial charge on any atom is -0.497 e. The molecule has 7 nitrogen and oxygen atoms in total. The van der Waals surface area contributed by atoms with Crippen molar-refractivity contribution >= 4 is 0 Å². The molecule has 1 atom stereocenters. The predicted molar refractivity (Wildman–Crippen MR) is 90.1 cm³/mol. The van der Waals surface area contributed by atoms with Crippen LogP contribution in [0.5, 0.6) is 5.75 Å². The van der Waals surface area contributed by atoms with Gasteiger partial charge in [0.15, 0.2) is 11.5 Å². The number of hydrogen-bond acceptors (Lipinski definition) is 6. The lowest BCUT2D eigenvalue weighted by Crippen LogP contribution is -2.20. The van der Waals surface area contributed by atoms with Crippen LogP contribution in [0.3, 0.4) is 0 Å². The smallest absolute Gasteiger partial charge is 0.278 e. The Hall–Kier alpha value is -2.67. The molecule has 0 saturated heterocycles. The molecule has 1 aromatic carbocycles. The summed E-state index contributed by atoms with van der Waals surface area (Å²) < 4.78 is 18.7. The van der Waals surface area contributed by atoms with Gasteiger partial charge in [0.25, 0.3) is 5.89 Å². The molecule has 0 bridgehead atoms. The maximum absolute atomic E-state index is 6.05. The van der Waals surface area contributed by atoms with Gasteiger partial charge in [0.1, 0.15) is 11.9 Å². The molecule has 0 radical (unpaired) electrons. The number of imidazole rings is 1. The molecule has 0 fully saturated rings. The van der Waals surface area contributed by atoms with Crippen molar-refractivity contribution in [1.82, 2.24) is 19.7 Å². The van der Waals surface area contributed by atoms with Gasteiger partial charge < -0.3 is 18.6 Å². The van der Waals surface area contributed by atoms with E-state index in [1.165, 1.54) is 0 Å². The Labute approximate surface area is 145 Å². The van der Waals surface area contributed by atoms with E-state index in [9.17, 15) is 0 Å². The predicted octanol–water partition coefficient (Wildman–Crippen LogP) is 3.34. The van der Waals surface area contributed by atoms with E-state index in [1.54, 1.807) is 7.11 Å². The van der Waals surface area contributed by atoms with Crippen LogP contribution < -0.4 is 4.74 Å². The number of rotatable bonds is 4. The van der Waals surface area contributed by atoms with Crippen molar-refractivity contribution in [2.24, 2.45) is 0 Å². The molecule has 7 heteroatoms.